The molecule has 0 aliphatic rings. The average molecular weight is 243 g/mol. The molecule has 0 saturated heterocycles. The summed E-state index contributed by atoms with van der Waals surface area (Å²) < 4.78 is 0. The Bertz CT molecular complexity index is 502. The van der Waals surface area contributed by atoms with Crippen molar-refractivity contribution in [3.05, 3.63) is 60.2 Å². The number of aromatic nitrogens is 2. The molecule has 0 spiro atoms. The van der Waals surface area contributed by atoms with Crippen LogP contribution in [0.25, 0.3) is 0 Å². The lowest BCUT2D eigenvalue weighted by atomic mass is 10.1. The van der Waals surface area contributed by atoms with E-state index in [4.69, 9.17) is 0 Å². The third-order valence-corrected chi connectivity index (χ3v) is 2.49. The van der Waals surface area contributed by atoms with Crippen LogP contribution in [0, 0.1) is 0 Å². The first-order chi connectivity index (χ1) is 8.81. The third kappa shape index (κ3) is 2.89. The second kappa shape index (κ2) is 5.88. The van der Waals surface area contributed by atoms with Crippen LogP contribution in [-0.2, 0) is 0 Å². The van der Waals surface area contributed by atoms with E-state index in [1.54, 1.807) is 0 Å². The van der Waals surface area contributed by atoms with Gasteiger partial charge in [-0.1, -0.05) is 30.3 Å². The van der Waals surface area contributed by atoms with Crippen molar-refractivity contribution < 1.29 is 9.90 Å². The minimum absolute atomic E-state index is 0.171. The van der Waals surface area contributed by atoms with Crippen LogP contribution in [0.5, 0.6) is 0 Å². The Kier molecular flexibility index (Phi) is 3.98. The van der Waals surface area contributed by atoms with Gasteiger partial charge in [-0.2, -0.15) is 0 Å². The standard InChI is InChI=1S/C13H13N3O2/c17-9-12(10-4-2-1-3-5-10)16-13(18)11-8-14-6-7-15-11/h1-8,12,17H,9H2,(H,16,18)/t12-/m0/s1. The van der Waals surface area contributed by atoms with Gasteiger partial charge in [0.25, 0.3) is 5.91 Å². The molecule has 2 rings (SSSR count). The number of rotatable bonds is 4. The average Bonchev–Trinajstić information content (AvgIpc) is 2.46. The molecule has 0 aliphatic carbocycles. The first-order valence-corrected chi connectivity index (χ1v) is 5.54. The summed E-state index contributed by atoms with van der Waals surface area (Å²) >= 11 is 0. The van der Waals surface area contributed by atoms with Gasteiger partial charge >= 0.3 is 0 Å². The summed E-state index contributed by atoms with van der Waals surface area (Å²) in [6, 6.07) is 8.83. The molecular formula is C13H13N3O2. The highest BCUT2D eigenvalue weighted by atomic mass is 16.3. The van der Waals surface area contributed by atoms with Crippen LogP contribution in [-0.4, -0.2) is 27.6 Å². The highest BCUT2D eigenvalue weighted by Crippen LogP contribution is 2.11. The van der Waals surface area contributed by atoms with Crippen molar-refractivity contribution >= 4 is 5.91 Å². The number of hydrogen-bond donors (Lipinski definition) is 2. The SMILES string of the molecule is O=C(N[C@@H](CO)c1ccccc1)c1cnccn1. The number of aliphatic hydroxyl groups is 1. The van der Waals surface area contributed by atoms with Gasteiger partial charge < -0.3 is 10.4 Å². The van der Waals surface area contributed by atoms with E-state index in [2.05, 4.69) is 15.3 Å². The molecule has 0 saturated carbocycles. The number of benzene rings is 1. The lowest BCUT2D eigenvalue weighted by molar-refractivity contribution is 0.0910. The quantitative estimate of drug-likeness (QED) is 0.838. The molecule has 0 bridgehead atoms. The third-order valence-electron chi connectivity index (χ3n) is 2.49. The monoisotopic (exact) mass is 243 g/mol. The summed E-state index contributed by atoms with van der Waals surface area (Å²) in [7, 11) is 0. The zero-order valence-electron chi connectivity index (χ0n) is 9.65. The van der Waals surface area contributed by atoms with Crippen LogP contribution in [0.4, 0.5) is 0 Å². The Morgan fingerprint density at radius 1 is 1.28 bits per heavy atom. The molecule has 1 amide bonds. The van der Waals surface area contributed by atoms with Gasteiger partial charge in [0.15, 0.2) is 0 Å². The fraction of sp³-hybridized carbons (Fsp3) is 0.154. The highest BCUT2D eigenvalue weighted by Gasteiger charge is 2.15. The van der Waals surface area contributed by atoms with E-state index >= 15 is 0 Å². The van der Waals surface area contributed by atoms with Crippen LogP contribution >= 0.6 is 0 Å². The molecule has 5 nitrogen and oxygen atoms in total. The van der Waals surface area contributed by atoms with Crippen molar-refractivity contribution in [2.75, 3.05) is 6.61 Å². The first-order valence-electron chi connectivity index (χ1n) is 5.54. The van der Waals surface area contributed by atoms with Gasteiger partial charge in [-0.05, 0) is 5.56 Å². The summed E-state index contributed by atoms with van der Waals surface area (Å²) in [5.41, 5.74) is 1.07. The molecule has 2 N–H and O–H groups in total. The molecule has 0 aliphatic heterocycles. The Labute approximate surface area is 105 Å². The van der Waals surface area contributed by atoms with Crippen LogP contribution in [0.1, 0.15) is 22.1 Å². The molecule has 0 unspecified atom stereocenters. The number of nitrogens with zero attached hydrogens (tertiary/aromatic N) is 2. The Morgan fingerprint density at radius 3 is 2.67 bits per heavy atom. The molecule has 92 valence electrons. The van der Waals surface area contributed by atoms with Gasteiger partial charge in [-0.3, -0.25) is 9.78 Å². The largest absolute Gasteiger partial charge is 0.394 e. The van der Waals surface area contributed by atoms with Gasteiger partial charge in [0.2, 0.25) is 0 Å². The van der Waals surface area contributed by atoms with Crippen molar-refractivity contribution in [1.29, 1.82) is 0 Å². The molecule has 5 heteroatoms. The van der Waals surface area contributed by atoms with Gasteiger partial charge in [0.05, 0.1) is 18.8 Å². The number of aliphatic hydroxyl groups excluding tert-OH is 1. The van der Waals surface area contributed by atoms with Crippen molar-refractivity contribution in [2.45, 2.75) is 6.04 Å². The Morgan fingerprint density at radius 2 is 2.06 bits per heavy atom. The van der Waals surface area contributed by atoms with Crippen LogP contribution in [0.2, 0.25) is 0 Å². The summed E-state index contributed by atoms with van der Waals surface area (Å²) in [4.78, 5) is 19.6. The lowest BCUT2D eigenvalue weighted by Gasteiger charge is -2.16. The maximum atomic E-state index is 11.9. The van der Waals surface area contributed by atoms with Gasteiger partial charge in [-0.25, -0.2) is 4.98 Å². The molecule has 0 fully saturated rings. The molecule has 1 aromatic carbocycles. The normalized spacial score (nSPS) is 11.8. The fourth-order valence-corrected chi connectivity index (χ4v) is 1.57. The van der Waals surface area contributed by atoms with Gasteiger partial charge in [0, 0.05) is 12.4 Å². The summed E-state index contributed by atoms with van der Waals surface area (Å²) in [6.45, 7) is -0.171. The van der Waals surface area contributed by atoms with E-state index in [0.29, 0.717) is 0 Å². The lowest BCUT2D eigenvalue weighted by Crippen LogP contribution is -2.31. The number of carbonyl (C=O) groups is 1. The molecule has 18 heavy (non-hydrogen) atoms. The fourth-order valence-electron chi connectivity index (χ4n) is 1.57. The smallest absolute Gasteiger partial charge is 0.272 e. The number of carbonyl (C=O) groups excluding carboxylic acids is 1. The van der Waals surface area contributed by atoms with Gasteiger partial charge in [-0.15, -0.1) is 0 Å². The summed E-state index contributed by atoms with van der Waals surface area (Å²) in [5, 5.41) is 12.0. The predicted octanol–water partition coefficient (Wildman–Crippen LogP) is 0.940. The van der Waals surface area contributed by atoms with Crippen LogP contribution in [0.3, 0.4) is 0 Å². The Balaban J connectivity index is 2.10. The molecular weight excluding hydrogens is 230 g/mol. The van der Waals surface area contributed by atoms with Crippen molar-refractivity contribution in [1.82, 2.24) is 15.3 Å². The highest BCUT2D eigenvalue weighted by molar-refractivity contribution is 5.92. The van der Waals surface area contributed by atoms with E-state index in [9.17, 15) is 9.90 Å². The van der Waals surface area contributed by atoms with Crippen molar-refractivity contribution in [3.8, 4) is 0 Å². The first kappa shape index (κ1) is 12.2. The van der Waals surface area contributed by atoms with Crippen LogP contribution in [0.15, 0.2) is 48.9 Å². The Hall–Kier alpha value is -2.27. The maximum Gasteiger partial charge on any atom is 0.272 e. The van der Waals surface area contributed by atoms with Crippen molar-refractivity contribution in [3.63, 3.8) is 0 Å². The number of nitrogens with one attached hydrogen (secondary N) is 1. The minimum Gasteiger partial charge on any atom is -0.394 e. The molecule has 1 heterocycles. The number of hydrogen-bond acceptors (Lipinski definition) is 4. The number of amides is 1. The van der Waals surface area contributed by atoms with Gasteiger partial charge in [0.1, 0.15) is 5.69 Å². The molecule has 2 aromatic rings. The zero-order valence-corrected chi connectivity index (χ0v) is 9.65. The van der Waals surface area contributed by atoms with E-state index in [0.717, 1.165) is 5.56 Å². The maximum absolute atomic E-state index is 11.9. The topological polar surface area (TPSA) is 75.1 Å². The predicted molar refractivity (Wildman–Crippen MR) is 65.8 cm³/mol. The van der Waals surface area contributed by atoms with E-state index in [1.165, 1.54) is 18.6 Å². The second-order valence-corrected chi connectivity index (χ2v) is 3.71. The molecule has 1 aromatic heterocycles. The second-order valence-electron chi connectivity index (χ2n) is 3.71. The van der Waals surface area contributed by atoms with E-state index < -0.39 is 6.04 Å². The zero-order chi connectivity index (χ0) is 12.8. The molecule has 1 atom stereocenters. The van der Waals surface area contributed by atoms with E-state index in [-0.39, 0.29) is 18.2 Å². The van der Waals surface area contributed by atoms with Crippen LogP contribution < -0.4 is 5.32 Å². The molecule has 0 radical (unpaired) electrons. The summed E-state index contributed by atoms with van der Waals surface area (Å²) in [6.07, 6.45) is 4.33. The van der Waals surface area contributed by atoms with E-state index in [1.807, 2.05) is 30.3 Å². The van der Waals surface area contributed by atoms with Crippen molar-refractivity contribution in [2.24, 2.45) is 0 Å². The summed E-state index contributed by atoms with van der Waals surface area (Å²) in [5.74, 6) is -0.356. The minimum atomic E-state index is -0.444.